The highest BCUT2D eigenvalue weighted by Crippen LogP contribution is 2.21. The topological polar surface area (TPSA) is 42.8 Å². The van der Waals surface area contributed by atoms with Crippen LogP contribution in [0.15, 0.2) is 54.6 Å². The predicted octanol–water partition coefficient (Wildman–Crippen LogP) is 2.67. The lowest BCUT2D eigenvalue weighted by Gasteiger charge is -2.29. The molecular weight excluding hydrogens is 312 g/mol. The van der Waals surface area contributed by atoms with Gasteiger partial charge in [-0.2, -0.15) is 0 Å². The minimum atomic E-state index is -0.0116. The molecule has 0 radical (unpaired) electrons. The summed E-state index contributed by atoms with van der Waals surface area (Å²) in [4.78, 5) is 14.2. The number of carbonyl (C=O) groups is 1. The zero-order valence-corrected chi connectivity index (χ0v) is 14.8. The lowest BCUT2D eigenvalue weighted by atomic mass is 10.0. The van der Waals surface area contributed by atoms with E-state index in [0.29, 0.717) is 11.3 Å². The molecule has 1 amide bonds. The molecule has 1 aliphatic heterocycles. The quantitative estimate of drug-likeness (QED) is 0.850. The number of likely N-dealkylation sites (tertiary alicyclic amines) is 1. The fraction of sp³-hybridized carbons (Fsp3) is 0.381. The number of para-hydroxylation sites is 1. The molecule has 1 heterocycles. The van der Waals surface area contributed by atoms with Gasteiger partial charge < -0.3 is 15.0 Å². The Morgan fingerprint density at radius 3 is 2.52 bits per heavy atom. The number of hydrogen-bond donors (Lipinski definition) is 2. The summed E-state index contributed by atoms with van der Waals surface area (Å²) in [7, 11) is 0. The molecule has 0 atom stereocenters. The van der Waals surface area contributed by atoms with E-state index in [-0.39, 0.29) is 11.9 Å². The SMILES string of the molecule is CCC[NH+]1CCC(NC(=O)c2cccc(Oc3ccccc3)c2)CC1. The lowest BCUT2D eigenvalue weighted by Crippen LogP contribution is -3.13. The molecule has 2 aromatic rings. The third-order valence-corrected chi connectivity index (χ3v) is 4.71. The Morgan fingerprint density at radius 2 is 1.80 bits per heavy atom. The molecule has 25 heavy (non-hydrogen) atoms. The first-order valence-electron chi connectivity index (χ1n) is 9.22. The van der Waals surface area contributed by atoms with Gasteiger partial charge in [0.05, 0.1) is 19.6 Å². The van der Waals surface area contributed by atoms with E-state index < -0.39 is 0 Å². The first-order valence-corrected chi connectivity index (χ1v) is 9.22. The second kappa shape index (κ2) is 8.67. The van der Waals surface area contributed by atoms with Gasteiger partial charge in [0.15, 0.2) is 0 Å². The molecule has 2 N–H and O–H groups in total. The molecule has 4 heteroatoms. The number of nitrogens with one attached hydrogen (secondary N) is 2. The molecule has 0 spiro atoms. The summed E-state index contributed by atoms with van der Waals surface area (Å²) in [5.41, 5.74) is 0.650. The molecule has 1 aliphatic rings. The zero-order chi connectivity index (χ0) is 17.5. The van der Waals surface area contributed by atoms with Gasteiger partial charge in [0.2, 0.25) is 0 Å². The number of piperidine rings is 1. The van der Waals surface area contributed by atoms with Crippen molar-refractivity contribution in [2.75, 3.05) is 19.6 Å². The smallest absolute Gasteiger partial charge is 0.251 e. The van der Waals surface area contributed by atoms with E-state index in [4.69, 9.17) is 4.74 Å². The summed E-state index contributed by atoms with van der Waals surface area (Å²) in [5.74, 6) is 1.44. The highest BCUT2D eigenvalue weighted by Gasteiger charge is 2.23. The molecule has 0 aliphatic carbocycles. The Bertz CT molecular complexity index is 679. The number of carbonyl (C=O) groups excluding carboxylic acids is 1. The largest absolute Gasteiger partial charge is 0.457 e. The molecule has 0 aromatic heterocycles. The van der Waals surface area contributed by atoms with Crippen LogP contribution in [0, 0.1) is 0 Å². The molecule has 4 nitrogen and oxygen atoms in total. The first-order chi connectivity index (χ1) is 12.2. The van der Waals surface area contributed by atoms with Gasteiger partial charge in [-0.15, -0.1) is 0 Å². The molecule has 0 unspecified atom stereocenters. The maximum Gasteiger partial charge on any atom is 0.251 e. The Labute approximate surface area is 149 Å². The summed E-state index contributed by atoms with van der Waals surface area (Å²) in [6, 6.07) is 17.3. The van der Waals surface area contributed by atoms with Crippen LogP contribution in [0.3, 0.4) is 0 Å². The van der Waals surface area contributed by atoms with Crippen LogP contribution >= 0.6 is 0 Å². The number of quaternary nitrogens is 1. The van der Waals surface area contributed by atoms with Crippen LogP contribution in [0.5, 0.6) is 11.5 Å². The molecule has 0 bridgehead atoms. The molecular formula is C21H27N2O2+. The van der Waals surface area contributed by atoms with E-state index in [0.717, 1.165) is 31.7 Å². The number of hydrogen-bond acceptors (Lipinski definition) is 2. The summed E-state index contributed by atoms with van der Waals surface area (Å²) in [6.07, 6.45) is 3.34. The average Bonchev–Trinajstić information content (AvgIpc) is 2.65. The Morgan fingerprint density at radius 1 is 1.08 bits per heavy atom. The summed E-state index contributed by atoms with van der Waals surface area (Å²) in [6.45, 7) is 5.76. The third-order valence-electron chi connectivity index (χ3n) is 4.71. The van der Waals surface area contributed by atoms with Crippen molar-refractivity contribution >= 4 is 5.91 Å². The summed E-state index contributed by atoms with van der Waals surface area (Å²) >= 11 is 0. The van der Waals surface area contributed by atoms with Crippen LogP contribution in [-0.2, 0) is 0 Å². The van der Waals surface area contributed by atoms with E-state index in [1.165, 1.54) is 13.0 Å². The highest BCUT2D eigenvalue weighted by atomic mass is 16.5. The maximum absolute atomic E-state index is 12.6. The maximum atomic E-state index is 12.6. The number of amides is 1. The van der Waals surface area contributed by atoms with Gasteiger partial charge >= 0.3 is 0 Å². The Kier molecular flexibility index (Phi) is 6.07. The van der Waals surface area contributed by atoms with Gasteiger partial charge in [0, 0.05) is 24.4 Å². The van der Waals surface area contributed by atoms with Crippen LogP contribution in [0.4, 0.5) is 0 Å². The van der Waals surface area contributed by atoms with E-state index in [1.807, 2.05) is 48.5 Å². The standard InChI is InChI=1S/C21H26N2O2/c1-2-13-23-14-11-18(12-15-23)22-21(24)17-7-6-10-20(16-17)25-19-8-4-3-5-9-19/h3-10,16,18H,2,11-15H2,1H3,(H,22,24)/p+1. The fourth-order valence-corrected chi connectivity index (χ4v) is 3.37. The zero-order valence-electron chi connectivity index (χ0n) is 14.8. The minimum absolute atomic E-state index is 0.0116. The predicted molar refractivity (Wildman–Crippen MR) is 99.3 cm³/mol. The monoisotopic (exact) mass is 339 g/mol. The minimum Gasteiger partial charge on any atom is -0.457 e. The highest BCUT2D eigenvalue weighted by molar-refractivity contribution is 5.94. The van der Waals surface area contributed by atoms with Crippen LogP contribution in [0.1, 0.15) is 36.5 Å². The van der Waals surface area contributed by atoms with Crippen LogP contribution < -0.4 is 15.0 Å². The number of benzene rings is 2. The van der Waals surface area contributed by atoms with Crippen molar-refractivity contribution in [2.24, 2.45) is 0 Å². The third kappa shape index (κ3) is 5.07. The van der Waals surface area contributed by atoms with E-state index in [1.54, 1.807) is 11.0 Å². The van der Waals surface area contributed by atoms with Crippen molar-refractivity contribution in [2.45, 2.75) is 32.2 Å². The Balaban J connectivity index is 1.56. The normalized spacial score (nSPS) is 20.0. The van der Waals surface area contributed by atoms with Gasteiger partial charge in [-0.25, -0.2) is 0 Å². The molecule has 3 rings (SSSR count). The Hall–Kier alpha value is -2.33. The first kappa shape index (κ1) is 17.5. The van der Waals surface area contributed by atoms with Crippen molar-refractivity contribution in [3.05, 3.63) is 60.2 Å². The van der Waals surface area contributed by atoms with E-state index >= 15 is 0 Å². The van der Waals surface area contributed by atoms with Gasteiger partial charge in [-0.3, -0.25) is 4.79 Å². The van der Waals surface area contributed by atoms with Crippen molar-refractivity contribution in [1.82, 2.24) is 5.32 Å². The summed E-state index contributed by atoms with van der Waals surface area (Å²) < 4.78 is 5.82. The molecule has 1 saturated heterocycles. The molecule has 1 fully saturated rings. The second-order valence-electron chi connectivity index (χ2n) is 6.69. The number of rotatable bonds is 6. The van der Waals surface area contributed by atoms with Crippen molar-refractivity contribution in [3.8, 4) is 11.5 Å². The van der Waals surface area contributed by atoms with Crippen molar-refractivity contribution in [3.63, 3.8) is 0 Å². The van der Waals surface area contributed by atoms with Gasteiger partial charge in [-0.1, -0.05) is 31.2 Å². The molecule has 2 aromatic carbocycles. The molecule has 132 valence electrons. The van der Waals surface area contributed by atoms with Crippen molar-refractivity contribution < 1.29 is 14.4 Å². The van der Waals surface area contributed by atoms with Gasteiger partial charge in [0.1, 0.15) is 11.5 Å². The number of ether oxygens (including phenoxy) is 1. The molecule has 0 saturated carbocycles. The van der Waals surface area contributed by atoms with Gasteiger partial charge in [0.25, 0.3) is 5.91 Å². The van der Waals surface area contributed by atoms with Crippen LogP contribution in [0.2, 0.25) is 0 Å². The van der Waals surface area contributed by atoms with Crippen LogP contribution in [-0.4, -0.2) is 31.6 Å². The average molecular weight is 339 g/mol. The van der Waals surface area contributed by atoms with Gasteiger partial charge in [-0.05, 0) is 36.8 Å². The second-order valence-corrected chi connectivity index (χ2v) is 6.69. The van der Waals surface area contributed by atoms with E-state index in [2.05, 4.69) is 12.2 Å². The van der Waals surface area contributed by atoms with E-state index in [9.17, 15) is 4.79 Å². The fourth-order valence-electron chi connectivity index (χ4n) is 3.37. The summed E-state index contributed by atoms with van der Waals surface area (Å²) in [5, 5.41) is 3.18. The lowest BCUT2D eigenvalue weighted by molar-refractivity contribution is -0.905. The van der Waals surface area contributed by atoms with Crippen LogP contribution in [0.25, 0.3) is 0 Å². The van der Waals surface area contributed by atoms with Crippen molar-refractivity contribution in [1.29, 1.82) is 0 Å².